The number of nitrogens with zero attached hydrogens (tertiary/aromatic N) is 4. The molecule has 1 saturated heterocycles. The maximum atomic E-state index is 12.7. The van der Waals surface area contributed by atoms with Gasteiger partial charge in [0.1, 0.15) is 5.02 Å². The molecule has 0 saturated carbocycles. The van der Waals surface area contributed by atoms with Crippen molar-refractivity contribution < 1.29 is 4.79 Å². The second-order valence-corrected chi connectivity index (χ2v) is 8.14. The molecular weight excluding hydrogens is 426 g/mol. The van der Waals surface area contributed by atoms with Gasteiger partial charge in [-0.2, -0.15) is 9.78 Å². The number of carbonyl (C=O) groups excluding carboxylic acids is 1. The third-order valence-corrected chi connectivity index (χ3v) is 5.96. The van der Waals surface area contributed by atoms with E-state index in [4.69, 9.17) is 11.6 Å². The lowest BCUT2D eigenvalue weighted by atomic mass is 10.1. The van der Waals surface area contributed by atoms with Crippen molar-refractivity contribution in [3.63, 3.8) is 0 Å². The number of nitrogens with one attached hydrogen (secondary N) is 1. The van der Waals surface area contributed by atoms with Gasteiger partial charge in [0.25, 0.3) is 5.56 Å². The minimum Gasteiger partial charge on any atom is -0.366 e. The summed E-state index contributed by atoms with van der Waals surface area (Å²) in [6, 6.07) is 17.1. The lowest BCUT2D eigenvalue weighted by molar-refractivity contribution is -0.117. The minimum absolute atomic E-state index is 0.0307. The SMILES string of the molecule is CCc1cccc(NC(=O)CN2CCN(c3cnn(-c4ccccc4)c(=O)c3Cl)CC2)c1. The fourth-order valence-electron chi connectivity index (χ4n) is 3.82. The number of piperazine rings is 1. The maximum absolute atomic E-state index is 12.7. The Bertz CT molecular complexity index is 1140. The number of halogens is 1. The van der Waals surface area contributed by atoms with Crippen LogP contribution < -0.4 is 15.8 Å². The van der Waals surface area contributed by atoms with Gasteiger partial charge in [-0.25, -0.2) is 0 Å². The summed E-state index contributed by atoms with van der Waals surface area (Å²) in [5.74, 6) is -0.0307. The van der Waals surface area contributed by atoms with Crippen molar-refractivity contribution in [2.45, 2.75) is 13.3 Å². The summed E-state index contributed by atoms with van der Waals surface area (Å²) >= 11 is 6.42. The van der Waals surface area contributed by atoms with E-state index in [2.05, 4.69) is 22.2 Å². The molecule has 0 radical (unpaired) electrons. The molecule has 8 heteroatoms. The van der Waals surface area contributed by atoms with E-state index in [1.165, 1.54) is 10.2 Å². The molecule has 1 aromatic heterocycles. The second-order valence-electron chi connectivity index (χ2n) is 7.76. The molecule has 0 spiro atoms. The van der Waals surface area contributed by atoms with Crippen LogP contribution in [0.1, 0.15) is 12.5 Å². The van der Waals surface area contributed by atoms with E-state index in [-0.39, 0.29) is 16.5 Å². The van der Waals surface area contributed by atoms with Gasteiger partial charge >= 0.3 is 0 Å². The van der Waals surface area contributed by atoms with Gasteiger partial charge in [0, 0.05) is 31.9 Å². The van der Waals surface area contributed by atoms with Crippen LogP contribution in [0.2, 0.25) is 5.02 Å². The number of hydrogen-bond acceptors (Lipinski definition) is 5. The first-order chi connectivity index (χ1) is 15.5. The van der Waals surface area contributed by atoms with Gasteiger partial charge in [0.2, 0.25) is 5.91 Å². The lowest BCUT2D eigenvalue weighted by Gasteiger charge is -2.35. The lowest BCUT2D eigenvalue weighted by Crippen LogP contribution is -2.49. The van der Waals surface area contributed by atoms with Crippen molar-refractivity contribution in [3.8, 4) is 5.69 Å². The summed E-state index contributed by atoms with van der Waals surface area (Å²) in [4.78, 5) is 29.3. The standard InChI is InChI=1S/C24H26ClN5O2/c1-2-18-7-6-8-19(15-18)27-22(31)17-28-11-13-29(14-12-28)21-16-26-30(24(32)23(21)25)20-9-4-3-5-10-20/h3-10,15-16H,2,11-14,17H2,1H3,(H,27,31). The maximum Gasteiger partial charge on any atom is 0.292 e. The molecular formula is C24H26ClN5O2. The van der Waals surface area contributed by atoms with Gasteiger partial charge in [-0.3, -0.25) is 14.5 Å². The van der Waals surface area contributed by atoms with Gasteiger partial charge in [-0.1, -0.05) is 48.9 Å². The van der Waals surface area contributed by atoms with Gasteiger partial charge in [0.15, 0.2) is 0 Å². The predicted octanol–water partition coefficient (Wildman–Crippen LogP) is 3.21. The molecule has 4 rings (SSSR count). The number of rotatable bonds is 6. The Morgan fingerprint density at radius 2 is 1.81 bits per heavy atom. The fourth-order valence-corrected chi connectivity index (χ4v) is 4.07. The smallest absolute Gasteiger partial charge is 0.292 e. The Balaban J connectivity index is 1.36. The highest BCUT2D eigenvalue weighted by atomic mass is 35.5. The Hall–Kier alpha value is -3.16. The predicted molar refractivity (Wildman–Crippen MR) is 128 cm³/mol. The molecule has 1 aliphatic rings. The van der Waals surface area contributed by atoms with E-state index in [0.717, 1.165) is 12.1 Å². The van der Waals surface area contributed by atoms with Crippen LogP contribution >= 0.6 is 11.6 Å². The van der Waals surface area contributed by atoms with Crippen LogP contribution in [0.3, 0.4) is 0 Å². The normalized spacial score (nSPS) is 14.4. The average Bonchev–Trinajstić information content (AvgIpc) is 2.82. The quantitative estimate of drug-likeness (QED) is 0.623. The van der Waals surface area contributed by atoms with E-state index in [0.29, 0.717) is 44.1 Å². The zero-order chi connectivity index (χ0) is 22.5. The largest absolute Gasteiger partial charge is 0.366 e. The van der Waals surface area contributed by atoms with Crippen LogP contribution in [0.5, 0.6) is 0 Å². The third-order valence-electron chi connectivity index (χ3n) is 5.60. The molecule has 166 valence electrons. The monoisotopic (exact) mass is 451 g/mol. The van der Waals surface area contributed by atoms with E-state index in [9.17, 15) is 9.59 Å². The van der Waals surface area contributed by atoms with Crippen LogP contribution in [-0.2, 0) is 11.2 Å². The number of benzene rings is 2. The summed E-state index contributed by atoms with van der Waals surface area (Å²) in [6.45, 7) is 5.13. The molecule has 0 atom stereocenters. The van der Waals surface area contributed by atoms with E-state index in [1.54, 1.807) is 6.20 Å². The summed E-state index contributed by atoms with van der Waals surface area (Å²) < 4.78 is 1.31. The van der Waals surface area contributed by atoms with Gasteiger partial charge in [-0.15, -0.1) is 0 Å². The molecule has 1 aliphatic heterocycles. The van der Waals surface area contributed by atoms with Crippen molar-refractivity contribution in [3.05, 3.63) is 81.7 Å². The van der Waals surface area contributed by atoms with Crippen LogP contribution in [0.25, 0.3) is 5.69 Å². The second kappa shape index (κ2) is 9.97. The summed E-state index contributed by atoms with van der Waals surface area (Å²) in [7, 11) is 0. The van der Waals surface area contributed by atoms with Crippen molar-refractivity contribution in [1.82, 2.24) is 14.7 Å². The number of carbonyl (C=O) groups is 1. The van der Waals surface area contributed by atoms with Crippen molar-refractivity contribution >= 4 is 28.9 Å². The van der Waals surface area contributed by atoms with Gasteiger partial charge in [0.05, 0.1) is 24.1 Å². The van der Waals surface area contributed by atoms with E-state index < -0.39 is 0 Å². The molecule has 1 amide bonds. The van der Waals surface area contributed by atoms with Crippen LogP contribution in [-0.4, -0.2) is 53.3 Å². The van der Waals surface area contributed by atoms with E-state index in [1.807, 2.05) is 59.5 Å². The number of hydrogen-bond donors (Lipinski definition) is 1. The minimum atomic E-state index is -0.341. The molecule has 7 nitrogen and oxygen atoms in total. The van der Waals surface area contributed by atoms with Crippen LogP contribution in [0.4, 0.5) is 11.4 Å². The molecule has 1 fully saturated rings. The van der Waals surface area contributed by atoms with E-state index >= 15 is 0 Å². The first-order valence-electron chi connectivity index (χ1n) is 10.7. The molecule has 2 heterocycles. The highest BCUT2D eigenvalue weighted by Crippen LogP contribution is 2.23. The number of para-hydroxylation sites is 1. The van der Waals surface area contributed by atoms with Gasteiger partial charge < -0.3 is 10.2 Å². The topological polar surface area (TPSA) is 70.5 Å². The van der Waals surface area contributed by atoms with Crippen molar-refractivity contribution in [2.75, 3.05) is 42.9 Å². The summed E-state index contributed by atoms with van der Waals surface area (Å²) in [5, 5.41) is 7.45. The first kappa shape index (κ1) is 22.0. The molecule has 0 unspecified atom stereocenters. The molecule has 0 bridgehead atoms. The van der Waals surface area contributed by atoms with Crippen molar-refractivity contribution in [2.24, 2.45) is 0 Å². The average molecular weight is 452 g/mol. The highest BCUT2D eigenvalue weighted by molar-refractivity contribution is 6.33. The Kier molecular flexibility index (Phi) is 6.87. The molecule has 32 heavy (non-hydrogen) atoms. The van der Waals surface area contributed by atoms with Crippen LogP contribution in [0, 0.1) is 0 Å². The zero-order valence-electron chi connectivity index (χ0n) is 18.0. The summed E-state index contributed by atoms with van der Waals surface area (Å²) in [5.41, 5.74) is 2.97. The molecule has 0 aliphatic carbocycles. The van der Waals surface area contributed by atoms with Crippen molar-refractivity contribution in [1.29, 1.82) is 0 Å². The number of aromatic nitrogens is 2. The Morgan fingerprint density at radius 1 is 1.06 bits per heavy atom. The molecule has 3 aromatic rings. The summed E-state index contributed by atoms with van der Waals surface area (Å²) in [6.07, 6.45) is 2.57. The molecule has 2 aromatic carbocycles. The number of anilines is 2. The third kappa shape index (κ3) is 5.00. The molecule has 1 N–H and O–H groups in total. The zero-order valence-corrected chi connectivity index (χ0v) is 18.8. The van der Waals surface area contributed by atoms with Gasteiger partial charge in [-0.05, 0) is 36.2 Å². The highest BCUT2D eigenvalue weighted by Gasteiger charge is 2.22. The Labute approximate surface area is 192 Å². The first-order valence-corrected chi connectivity index (χ1v) is 11.1. The Morgan fingerprint density at radius 3 is 2.53 bits per heavy atom. The number of aryl methyl sites for hydroxylation is 1. The fraction of sp³-hybridized carbons (Fsp3) is 0.292. The van der Waals surface area contributed by atoms with Crippen LogP contribution in [0.15, 0.2) is 65.6 Å². The number of amides is 1.